The predicted octanol–water partition coefficient (Wildman–Crippen LogP) is 8.49. The van der Waals surface area contributed by atoms with Gasteiger partial charge in [0.1, 0.15) is 48.8 Å². The molecule has 0 spiro atoms. The fourth-order valence-electron chi connectivity index (χ4n) is 8.45. The lowest BCUT2D eigenvalue weighted by molar-refractivity contribution is -0.396. The summed E-state index contributed by atoms with van der Waals surface area (Å²) < 4.78 is 67.4. The summed E-state index contributed by atoms with van der Waals surface area (Å²) in [7, 11) is 0. The zero-order valence-corrected chi connectivity index (χ0v) is 36.2. The molecule has 0 bridgehead atoms. The van der Waals surface area contributed by atoms with Gasteiger partial charge in [0, 0.05) is 5.56 Å². The van der Waals surface area contributed by atoms with Crippen molar-refractivity contribution in [1.29, 1.82) is 0 Å². The van der Waals surface area contributed by atoms with Gasteiger partial charge in [-0.2, -0.15) is 0 Å². The molecule has 11 nitrogen and oxygen atoms in total. The zero-order chi connectivity index (χ0) is 44.0. The monoisotopic (exact) mass is 880 g/mol. The van der Waals surface area contributed by atoms with Crippen LogP contribution in [0.2, 0.25) is 0 Å². The lowest BCUT2D eigenvalue weighted by Gasteiger charge is -2.51. The van der Waals surface area contributed by atoms with Crippen molar-refractivity contribution in [2.24, 2.45) is 0 Å². The van der Waals surface area contributed by atoms with Gasteiger partial charge in [0.15, 0.2) is 18.9 Å². The molecule has 0 amide bonds. The Balaban J connectivity index is 1.07. The van der Waals surface area contributed by atoms with Gasteiger partial charge in [-0.3, -0.25) is 0 Å². The van der Waals surface area contributed by atoms with E-state index in [0.717, 1.165) is 33.4 Å². The molecule has 65 heavy (non-hydrogen) atoms. The summed E-state index contributed by atoms with van der Waals surface area (Å²) in [6, 6.07) is 59.3. The molecule has 3 fully saturated rings. The Morgan fingerprint density at radius 3 is 1.37 bits per heavy atom. The van der Waals surface area contributed by atoms with E-state index in [1.54, 1.807) is 0 Å². The largest absolute Gasteiger partial charge is 0.374 e. The van der Waals surface area contributed by atoms with Crippen LogP contribution < -0.4 is 0 Å². The molecule has 11 atom stereocenters. The second kappa shape index (κ2) is 22.9. The molecule has 6 aromatic carbocycles. The highest BCUT2D eigenvalue weighted by Gasteiger charge is 2.55. The van der Waals surface area contributed by atoms with E-state index in [2.05, 4.69) is 0 Å². The van der Waals surface area contributed by atoms with Crippen molar-refractivity contribution in [3.63, 3.8) is 0 Å². The molecule has 3 heterocycles. The molecule has 3 saturated heterocycles. The van der Waals surface area contributed by atoms with Crippen LogP contribution in [0.1, 0.15) is 39.7 Å². The predicted molar refractivity (Wildman–Crippen MR) is 241 cm³/mol. The maximum absolute atomic E-state index is 11.8. The van der Waals surface area contributed by atoms with Crippen LogP contribution >= 0.6 is 0 Å². The van der Waals surface area contributed by atoms with Crippen LogP contribution in [0, 0.1) is 0 Å². The standard InChI is InChI=1S/C54H56O11/c55-52-50(59-34-41-25-13-4-14-26-41)48(57-32-39-21-9-2-10-22-39)46(44(62-52)36-56-31-38-19-7-1-8-20-38)65-54-51(60-35-42-27-15-5-16-28-42)49(58-33-40-23-11-3-12-24-40)47-45(63-54)37-61-53(64-47)43-29-17-6-18-30-43/h1-30,44-55H,31-37H2/t44-,45-,46-,47-,48+,49+,50-,51-,52?,53?,54-/m1/s1. The maximum atomic E-state index is 11.8. The smallest absolute Gasteiger partial charge is 0.187 e. The van der Waals surface area contributed by atoms with E-state index in [4.69, 9.17) is 47.4 Å². The average molecular weight is 881 g/mol. The minimum atomic E-state index is -1.39. The highest BCUT2D eigenvalue weighted by Crippen LogP contribution is 2.39. The summed E-state index contributed by atoms with van der Waals surface area (Å²) in [5, 5.41) is 11.8. The van der Waals surface area contributed by atoms with Crippen molar-refractivity contribution in [2.75, 3.05) is 13.2 Å². The molecule has 2 unspecified atom stereocenters. The zero-order valence-electron chi connectivity index (χ0n) is 36.2. The summed E-state index contributed by atoms with van der Waals surface area (Å²) in [4.78, 5) is 0. The van der Waals surface area contributed by atoms with Crippen LogP contribution in [-0.2, 0) is 80.4 Å². The van der Waals surface area contributed by atoms with Crippen LogP contribution in [0.3, 0.4) is 0 Å². The first-order valence-corrected chi connectivity index (χ1v) is 22.3. The van der Waals surface area contributed by atoms with Gasteiger partial charge in [-0.25, -0.2) is 0 Å². The lowest BCUT2D eigenvalue weighted by Crippen LogP contribution is -2.67. The minimum Gasteiger partial charge on any atom is -0.374 e. The van der Waals surface area contributed by atoms with Gasteiger partial charge < -0.3 is 52.5 Å². The number of hydrogen-bond donors (Lipinski definition) is 1. The van der Waals surface area contributed by atoms with Gasteiger partial charge >= 0.3 is 0 Å². The Labute approximate surface area is 380 Å². The Morgan fingerprint density at radius 1 is 0.431 bits per heavy atom. The second-order valence-corrected chi connectivity index (χ2v) is 16.4. The fourth-order valence-corrected chi connectivity index (χ4v) is 8.45. The summed E-state index contributed by atoms with van der Waals surface area (Å²) in [5.74, 6) is 0. The molecule has 0 aromatic heterocycles. The number of rotatable bonds is 19. The van der Waals surface area contributed by atoms with Crippen molar-refractivity contribution in [3.8, 4) is 0 Å². The van der Waals surface area contributed by atoms with Gasteiger partial charge in [0.05, 0.1) is 46.2 Å². The number of ether oxygens (including phenoxy) is 10. The van der Waals surface area contributed by atoms with Crippen LogP contribution in [0.15, 0.2) is 182 Å². The first-order chi connectivity index (χ1) is 32.1. The Hall–Kier alpha value is -5.12. The molecule has 6 aromatic rings. The number of benzene rings is 6. The van der Waals surface area contributed by atoms with E-state index >= 15 is 0 Å². The first kappa shape index (κ1) is 45.1. The van der Waals surface area contributed by atoms with E-state index in [1.165, 1.54) is 0 Å². The molecule has 11 heteroatoms. The van der Waals surface area contributed by atoms with Gasteiger partial charge in [0.2, 0.25) is 0 Å². The van der Waals surface area contributed by atoms with E-state index in [0.29, 0.717) is 6.61 Å². The molecule has 338 valence electrons. The number of aliphatic hydroxyl groups is 1. The molecule has 9 rings (SSSR count). The van der Waals surface area contributed by atoms with Crippen molar-refractivity contribution in [3.05, 3.63) is 215 Å². The Morgan fingerprint density at radius 2 is 0.862 bits per heavy atom. The van der Waals surface area contributed by atoms with Gasteiger partial charge in [-0.1, -0.05) is 182 Å². The molecular weight excluding hydrogens is 825 g/mol. The van der Waals surface area contributed by atoms with E-state index in [-0.39, 0.29) is 39.6 Å². The SMILES string of the molecule is OC1O[C@H](COCc2ccccc2)[C@@H](O[C@H]2O[C@@H]3COC(c4ccccc4)O[C@H]3[C@H](OCc3ccccc3)[C@H]2OCc2ccccc2)[C@H](OCc2ccccc2)[C@H]1OCc1ccccc1. The fraction of sp³-hybridized carbons (Fsp3) is 0.333. The van der Waals surface area contributed by atoms with E-state index < -0.39 is 67.7 Å². The third kappa shape index (κ3) is 12.0. The van der Waals surface area contributed by atoms with Crippen LogP contribution in [0.5, 0.6) is 0 Å². The molecule has 3 aliphatic rings. The lowest BCUT2D eigenvalue weighted by atomic mass is 9.95. The molecule has 0 aliphatic carbocycles. The average Bonchev–Trinajstić information content (AvgIpc) is 3.36. The van der Waals surface area contributed by atoms with Crippen molar-refractivity contribution in [1.82, 2.24) is 0 Å². The number of aliphatic hydroxyl groups excluding tert-OH is 1. The van der Waals surface area contributed by atoms with Crippen LogP contribution in [-0.4, -0.2) is 79.7 Å². The van der Waals surface area contributed by atoms with Crippen LogP contribution in [0.4, 0.5) is 0 Å². The topological polar surface area (TPSA) is 113 Å². The van der Waals surface area contributed by atoms with Gasteiger partial charge in [-0.05, 0) is 27.8 Å². The normalized spacial score (nSPS) is 27.7. The van der Waals surface area contributed by atoms with Gasteiger partial charge in [0.25, 0.3) is 0 Å². The molecule has 3 aliphatic heterocycles. The van der Waals surface area contributed by atoms with Crippen molar-refractivity contribution >= 4 is 0 Å². The van der Waals surface area contributed by atoms with Crippen LogP contribution in [0.25, 0.3) is 0 Å². The van der Waals surface area contributed by atoms with E-state index in [1.807, 2.05) is 182 Å². The van der Waals surface area contributed by atoms with Gasteiger partial charge in [-0.15, -0.1) is 0 Å². The summed E-state index contributed by atoms with van der Waals surface area (Å²) in [6.45, 7) is 1.47. The number of hydrogen-bond acceptors (Lipinski definition) is 11. The van der Waals surface area contributed by atoms with Crippen molar-refractivity contribution in [2.45, 2.75) is 101 Å². The highest BCUT2D eigenvalue weighted by atomic mass is 16.8. The van der Waals surface area contributed by atoms with Crippen molar-refractivity contribution < 1.29 is 52.5 Å². The van der Waals surface area contributed by atoms with E-state index in [9.17, 15) is 5.11 Å². The second-order valence-electron chi connectivity index (χ2n) is 16.4. The number of fused-ring (bicyclic) bond motifs is 1. The minimum absolute atomic E-state index is 0.0560. The Kier molecular flexibility index (Phi) is 15.8. The summed E-state index contributed by atoms with van der Waals surface area (Å²) in [6.07, 6.45) is -9.50. The Bertz CT molecular complexity index is 2260. The molecule has 0 saturated carbocycles. The molecule has 0 radical (unpaired) electrons. The third-order valence-corrected chi connectivity index (χ3v) is 11.8. The summed E-state index contributed by atoms with van der Waals surface area (Å²) >= 11 is 0. The summed E-state index contributed by atoms with van der Waals surface area (Å²) in [5.41, 5.74) is 5.67. The third-order valence-electron chi connectivity index (χ3n) is 11.8. The molecule has 1 N–H and O–H groups in total. The molecular formula is C54H56O11. The highest BCUT2D eigenvalue weighted by molar-refractivity contribution is 5.19. The maximum Gasteiger partial charge on any atom is 0.187 e. The first-order valence-electron chi connectivity index (χ1n) is 22.3. The quantitative estimate of drug-likeness (QED) is 0.0846.